The standard InChI is InChI=1S/C32H37N3O4/c1-3-38-32(37)21-35(20-24-7-5-4-6-8-24)31(36)17-23-9-10-27-18-25(12-14-30(27)39-16-15-23)26-11-13-28-29(19-26)34-22(2)33-28/h4-8,11-14,18-19,23,32,37H,3,9-10,15-17,20-21H2,1-2H3,(H,33,34). The Bertz CT molecular complexity index is 1400. The molecule has 2 N–H and O–H groups in total. The van der Waals surface area contributed by atoms with Crippen LogP contribution in [0.25, 0.3) is 22.2 Å². The van der Waals surface area contributed by atoms with Gasteiger partial charge in [-0.25, -0.2) is 4.98 Å². The van der Waals surface area contributed by atoms with Gasteiger partial charge in [-0.05, 0) is 85.5 Å². The number of carbonyl (C=O) groups is 1. The van der Waals surface area contributed by atoms with Gasteiger partial charge in [0.05, 0.1) is 24.2 Å². The topological polar surface area (TPSA) is 87.7 Å². The molecular formula is C32H37N3O4. The van der Waals surface area contributed by atoms with Crippen molar-refractivity contribution in [3.05, 3.63) is 83.7 Å². The molecule has 0 radical (unpaired) electrons. The molecule has 2 heterocycles. The molecule has 39 heavy (non-hydrogen) atoms. The van der Waals surface area contributed by atoms with Crippen molar-refractivity contribution in [3.8, 4) is 16.9 Å². The number of ether oxygens (including phenoxy) is 2. The normalized spacial score (nSPS) is 16.1. The van der Waals surface area contributed by atoms with Gasteiger partial charge in [-0.1, -0.05) is 42.5 Å². The fourth-order valence-electron chi connectivity index (χ4n) is 5.32. The van der Waals surface area contributed by atoms with Crippen LogP contribution in [0.15, 0.2) is 66.7 Å². The van der Waals surface area contributed by atoms with Gasteiger partial charge in [0, 0.05) is 19.6 Å². The molecule has 1 aromatic heterocycles. The average molecular weight is 528 g/mol. The highest BCUT2D eigenvalue weighted by molar-refractivity contribution is 5.82. The number of carbonyl (C=O) groups excluding carboxylic acids is 1. The van der Waals surface area contributed by atoms with E-state index in [1.54, 1.807) is 4.90 Å². The number of aliphatic hydroxyl groups excluding tert-OH is 1. The monoisotopic (exact) mass is 527 g/mol. The van der Waals surface area contributed by atoms with Crippen LogP contribution in [0.5, 0.6) is 5.75 Å². The number of fused-ring (bicyclic) bond motifs is 2. The van der Waals surface area contributed by atoms with E-state index in [1.807, 2.05) is 50.2 Å². The van der Waals surface area contributed by atoms with Crippen LogP contribution in [-0.2, 0) is 22.5 Å². The summed E-state index contributed by atoms with van der Waals surface area (Å²) in [6.07, 6.45) is 1.97. The number of aromatic nitrogens is 2. The maximum Gasteiger partial charge on any atom is 0.223 e. The molecule has 0 saturated heterocycles. The molecule has 4 aromatic rings. The first-order valence-electron chi connectivity index (χ1n) is 13.8. The molecule has 0 bridgehead atoms. The van der Waals surface area contributed by atoms with Crippen molar-refractivity contribution in [2.24, 2.45) is 5.92 Å². The van der Waals surface area contributed by atoms with Gasteiger partial charge in [0.25, 0.3) is 0 Å². The Balaban J connectivity index is 1.27. The lowest BCUT2D eigenvalue weighted by Gasteiger charge is -2.28. The highest BCUT2D eigenvalue weighted by Gasteiger charge is 2.24. The van der Waals surface area contributed by atoms with Crippen molar-refractivity contribution >= 4 is 16.9 Å². The Morgan fingerprint density at radius 3 is 2.74 bits per heavy atom. The number of benzene rings is 3. The molecule has 0 spiro atoms. The van der Waals surface area contributed by atoms with E-state index in [4.69, 9.17) is 9.47 Å². The van der Waals surface area contributed by atoms with Crippen LogP contribution in [0.4, 0.5) is 0 Å². The van der Waals surface area contributed by atoms with Gasteiger partial charge in [0.15, 0.2) is 6.29 Å². The van der Waals surface area contributed by atoms with E-state index >= 15 is 0 Å². The van der Waals surface area contributed by atoms with E-state index in [0.717, 1.165) is 58.6 Å². The Hall–Kier alpha value is -3.68. The molecule has 2 unspecified atom stereocenters. The molecule has 0 saturated carbocycles. The SMILES string of the molecule is CCOC(O)CN(Cc1ccccc1)C(=O)CC1CCOc2ccc(-c3ccc4nc(C)[nH]c4c3)cc2CC1. The number of hydrogen-bond donors (Lipinski definition) is 2. The number of amides is 1. The number of imidazole rings is 1. The fourth-order valence-corrected chi connectivity index (χ4v) is 5.32. The van der Waals surface area contributed by atoms with Crippen LogP contribution in [0.3, 0.4) is 0 Å². The van der Waals surface area contributed by atoms with Crippen LogP contribution >= 0.6 is 0 Å². The van der Waals surface area contributed by atoms with E-state index in [9.17, 15) is 9.90 Å². The molecule has 0 aliphatic carbocycles. The largest absolute Gasteiger partial charge is 0.493 e. The van der Waals surface area contributed by atoms with Gasteiger partial charge < -0.3 is 24.5 Å². The minimum absolute atomic E-state index is 0.0281. The van der Waals surface area contributed by atoms with Crippen molar-refractivity contribution in [1.82, 2.24) is 14.9 Å². The van der Waals surface area contributed by atoms with Crippen LogP contribution in [-0.4, -0.2) is 51.9 Å². The highest BCUT2D eigenvalue weighted by Crippen LogP contribution is 2.32. The number of hydrogen-bond acceptors (Lipinski definition) is 5. The third-order valence-electron chi connectivity index (χ3n) is 7.37. The first kappa shape index (κ1) is 26.9. The summed E-state index contributed by atoms with van der Waals surface area (Å²) in [6.45, 7) is 5.36. The van der Waals surface area contributed by atoms with Gasteiger partial charge in [0.2, 0.25) is 5.91 Å². The smallest absolute Gasteiger partial charge is 0.223 e. The zero-order chi connectivity index (χ0) is 27.2. The van der Waals surface area contributed by atoms with Gasteiger partial charge >= 0.3 is 0 Å². The van der Waals surface area contributed by atoms with Gasteiger partial charge in [-0.2, -0.15) is 0 Å². The summed E-state index contributed by atoms with van der Waals surface area (Å²) in [5.41, 5.74) is 6.46. The third kappa shape index (κ3) is 6.85. The number of rotatable bonds is 9. The first-order valence-corrected chi connectivity index (χ1v) is 13.8. The van der Waals surface area contributed by atoms with Crippen molar-refractivity contribution < 1.29 is 19.4 Å². The maximum atomic E-state index is 13.5. The lowest BCUT2D eigenvalue weighted by molar-refractivity contribution is -0.145. The van der Waals surface area contributed by atoms with E-state index in [1.165, 1.54) is 5.56 Å². The zero-order valence-electron chi connectivity index (χ0n) is 22.7. The lowest BCUT2D eigenvalue weighted by atomic mass is 9.90. The first-order chi connectivity index (χ1) is 19.0. The summed E-state index contributed by atoms with van der Waals surface area (Å²) in [5.74, 6) is 2.05. The predicted molar refractivity (Wildman–Crippen MR) is 152 cm³/mol. The predicted octanol–water partition coefficient (Wildman–Crippen LogP) is 5.64. The maximum absolute atomic E-state index is 13.5. The molecule has 204 valence electrons. The van der Waals surface area contributed by atoms with Crippen LogP contribution < -0.4 is 4.74 Å². The van der Waals surface area contributed by atoms with E-state index < -0.39 is 6.29 Å². The summed E-state index contributed by atoms with van der Waals surface area (Å²) in [6, 6.07) is 22.6. The molecule has 3 aromatic carbocycles. The Labute approximate surface area is 229 Å². The third-order valence-corrected chi connectivity index (χ3v) is 7.37. The molecule has 2 atom stereocenters. The van der Waals surface area contributed by atoms with Crippen molar-refractivity contribution in [2.45, 2.75) is 52.4 Å². The fraction of sp³-hybridized carbons (Fsp3) is 0.375. The number of aliphatic hydroxyl groups is 1. The van der Waals surface area contributed by atoms with Gasteiger partial charge in [-0.15, -0.1) is 0 Å². The summed E-state index contributed by atoms with van der Waals surface area (Å²) in [4.78, 5) is 23.0. The Morgan fingerprint density at radius 1 is 1.13 bits per heavy atom. The average Bonchev–Trinajstić information content (AvgIpc) is 3.30. The summed E-state index contributed by atoms with van der Waals surface area (Å²) >= 11 is 0. The molecule has 7 heteroatoms. The summed E-state index contributed by atoms with van der Waals surface area (Å²) in [5, 5.41) is 10.3. The van der Waals surface area contributed by atoms with Crippen molar-refractivity contribution in [2.75, 3.05) is 19.8 Å². The molecule has 1 aliphatic heterocycles. The zero-order valence-corrected chi connectivity index (χ0v) is 22.7. The number of H-pyrrole nitrogens is 1. The second-order valence-corrected chi connectivity index (χ2v) is 10.3. The molecule has 0 fully saturated rings. The number of nitrogens with one attached hydrogen (secondary N) is 1. The van der Waals surface area contributed by atoms with Crippen LogP contribution in [0, 0.1) is 12.8 Å². The summed E-state index contributed by atoms with van der Waals surface area (Å²) < 4.78 is 11.5. The number of aromatic amines is 1. The van der Waals surface area contributed by atoms with Gasteiger partial charge in [-0.3, -0.25) is 4.79 Å². The van der Waals surface area contributed by atoms with Crippen molar-refractivity contribution in [1.29, 1.82) is 0 Å². The van der Waals surface area contributed by atoms with Crippen LogP contribution in [0.2, 0.25) is 0 Å². The Kier molecular flexibility index (Phi) is 8.59. The Morgan fingerprint density at radius 2 is 1.92 bits per heavy atom. The second kappa shape index (κ2) is 12.5. The molecule has 1 amide bonds. The second-order valence-electron chi connectivity index (χ2n) is 10.3. The van der Waals surface area contributed by atoms with Crippen molar-refractivity contribution in [3.63, 3.8) is 0 Å². The molecule has 5 rings (SSSR count). The van der Waals surface area contributed by atoms with E-state index in [-0.39, 0.29) is 18.4 Å². The van der Waals surface area contributed by atoms with Crippen LogP contribution in [0.1, 0.15) is 43.1 Å². The quantitative estimate of drug-likeness (QED) is 0.275. The molecular weight excluding hydrogens is 490 g/mol. The number of aryl methyl sites for hydroxylation is 2. The lowest BCUT2D eigenvalue weighted by Crippen LogP contribution is -2.39. The molecule has 1 aliphatic rings. The highest BCUT2D eigenvalue weighted by atomic mass is 16.6. The number of nitrogens with zero attached hydrogens (tertiary/aromatic N) is 2. The summed E-state index contributed by atoms with van der Waals surface area (Å²) in [7, 11) is 0. The van der Waals surface area contributed by atoms with E-state index in [2.05, 4.69) is 40.3 Å². The van der Waals surface area contributed by atoms with Gasteiger partial charge in [0.1, 0.15) is 11.6 Å². The van der Waals surface area contributed by atoms with E-state index in [0.29, 0.717) is 26.2 Å². The minimum atomic E-state index is -1.00. The molecule has 7 nitrogen and oxygen atoms in total. The minimum Gasteiger partial charge on any atom is -0.493 e.